The van der Waals surface area contributed by atoms with E-state index in [0.29, 0.717) is 16.5 Å². The largest absolute Gasteiger partial charge is 0.505 e. The predicted molar refractivity (Wildman–Crippen MR) is 79.5 cm³/mol. The minimum atomic E-state index is -4.55. The van der Waals surface area contributed by atoms with E-state index in [2.05, 4.69) is 10.2 Å². The minimum absolute atomic E-state index is 0.199. The second-order valence-electron chi connectivity index (χ2n) is 4.84. The van der Waals surface area contributed by atoms with Gasteiger partial charge in [0.05, 0.1) is 6.04 Å². The van der Waals surface area contributed by atoms with Crippen molar-refractivity contribution >= 4 is 32.3 Å². The number of fused-ring (bicyclic) bond motifs is 1. The summed E-state index contributed by atoms with van der Waals surface area (Å²) in [5, 5.41) is 18.6. The molecule has 4 N–H and O–H groups in total. The van der Waals surface area contributed by atoms with Gasteiger partial charge in [-0.2, -0.15) is 18.6 Å². The van der Waals surface area contributed by atoms with Gasteiger partial charge in [0.2, 0.25) is 0 Å². The quantitative estimate of drug-likeness (QED) is 0.456. The number of hydrogen-bond acceptors (Lipinski definition) is 6. The van der Waals surface area contributed by atoms with Gasteiger partial charge in [-0.25, -0.2) is 0 Å². The number of nitrogens with zero attached hydrogens (tertiary/aromatic N) is 2. The molecule has 0 saturated carbocycles. The average Bonchev–Trinajstić information content (AvgIpc) is 2.36. The lowest BCUT2D eigenvalue weighted by Crippen LogP contribution is -1.99. The van der Waals surface area contributed by atoms with Crippen molar-refractivity contribution < 1.29 is 18.1 Å². The van der Waals surface area contributed by atoms with Crippen LogP contribution in [0.3, 0.4) is 0 Å². The summed E-state index contributed by atoms with van der Waals surface area (Å²) < 4.78 is 32.3. The highest BCUT2D eigenvalue weighted by Gasteiger charge is 2.22. The lowest BCUT2D eigenvalue weighted by Gasteiger charge is -2.09. The monoisotopic (exact) mass is 309 g/mol. The fourth-order valence-corrected chi connectivity index (χ4v) is 2.48. The lowest BCUT2D eigenvalue weighted by molar-refractivity contribution is 0.471. The van der Waals surface area contributed by atoms with Crippen molar-refractivity contribution in [3.8, 4) is 5.75 Å². The second-order valence-corrected chi connectivity index (χ2v) is 6.23. The van der Waals surface area contributed by atoms with Crippen molar-refractivity contribution in [3.63, 3.8) is 0 Å². The number of hydrogen-bond donors (Lipinski definition) is 3. The molecule has 0 amide bonds. The molecule has 0 aliphatic rings. The third-order valence-corrected chi connectivity index (χ3v) is 3.61. The van der Waals surface area contributed by atoms with Gasteiger partial charge < -0.3 is 10.8 Å². The van der Waals surface area contributed by atoms with Crippen molar-refractivity contribution in [1.82, 2.24) is 0 Å². The third-order valence-electron chi connectivity index (χ3n) is 2.74. The molecule has 0 aliphatic carbocycles. The minimum Gasteiger partial charge on any atom is -0.505 e. The molecule has 0 heterocycles. The SMILES string of the molecule is CC(C)N=Nc1c(S(=O)(=O)O)cc2ccc(N)cc2c1O. The van der Waals surface area contributed by atoms with E-state index in [1.165, 1.54) is 12.1 Å². The van der Waals surface area contributed by atoms with Crippen LogP contribution >= 0.6 is 0 Å². The maximum absolute atomic E-state index is 11.5. The Labute approximate surface area is 121 Å². The molecule has 0 spiro atoms. The highest BCUT2D eigenvalue weighted by atomic mass is 32.2. The van der Waals surface area contributed by atoms with Crippen molar-refractivity contribution in [2.75, 3.05) is 5.73 Å². The van der Waals surface area contributed by atoms with Gasteiger partial charge in [-0.3, -0.25) is 4.55 Å². The fourth-order valence-electron chi connectivity index (χ4n) is 1.83. The van der Waals surface area contributed by atoms with Crippen molar-refractivity contribution in [3.05, 3.63) is 24.3 Å². The van der Waals surface area contributed by atoms with Gasteiger partial charge in [0.25, 0.3) is 10.1 Å². The van der Waals surface area contributed by atoms with Crippen molar-refractivity contribution in [1.29, 1.82) is 0 Å². The van der Waals surface area contributed by atoms with Gasteiger partial charge in [-0.15, -0.1) is 0 Å². The fraction of sp³-hybridized carbons (Fsp3) is 0.231. The van der Waals surface area contributed by atoms with E-state index >= 15 is 0 Å². The molecule has 2 aromatic rings. The Morgan fingerprint density at radius 2 is 1.90 bits per heavy atom. The zero-order valence-corrected chi connectivity index (χ0v) is 12.3. The predicted octanol–water partition coefficient (Wildman–Crippen LogP) is 2.87. The molecule has 2 aromatic carbocycles. The molecule has 0 bridgehead atoms. The summed E-state index contributed by atoms with van der Waals surface area (Å²) in [7, 11) is -4.55. The number of rotatable bonds is 3. The summed E-state index contributed by atoms with van der Waals surface area (Å²) in [5.41, 5.74) is 5.76. The van der Waals surface area contributed by atoms with E-state index in [-0.39, 0.29) is 11.7 Å². The summed E-state index contributed by atoms with van der Waals surface area (Å²) in [6.07, 6.45) is 0. The summed E-state index contributed by atoms with van der Waals surface area (Å²) in [5.74, 6) is -0.392. The Bertz CT molecular complexity index is 829. The van der Waals surface area contributed by atoms with E-state index in [1.807, 2.05) is 0 Å². The van der Waals surface area contributed by atoms with Crippen molar-refractivity contribution in [2.24, 2.45) is 10.2 Å². The van der Waals surface area contributed by atoms with Gasteiger partial charge >= 0.3 is 0 Å². The molecule has 0 fully saturated rings. The standard InChI is InChI=1S/C13H15N3O4S/c1-7(2)15-16-12-11(21(18,19)20)5-8-3-4-9(14)6-10(8)13(12)17/h3-7,17H,14H2,1-2H3,(H,18,19,20). The Hall–Kier alpha value is -2.19. The number of azo groups is 1. The second kappa shape index (κ2) is 5.30. The van der Waals surface area contributed by atoms with Crippen molar-refractivity contribution in [2.45, 2.75) is 24.8 Å². The van der Waals surface area contributed by atoms with Gasteiger partial charge in [0.1, 0.15) is 10.6 Å². The van der Waals surface area contributed by atoms with E-state index in [0.717, 1.165) is 0 Å². The molecule has 112 valence electrons. The molecule has 0 aromatic heterocycles. The first-order valence-corrected chi connectivity index (χ1v) is 7.57. The number of aromatic hydroxyl groups is 1. The lowest BCUT2D eigenvalue weighted by atomic mass is 10.1. The smallest absolute Gasteiger partial charge is 0.296 e. The number of nitrogen functional groups attached to an aromatic ring is 1. The Kier molecular flexibility index (Phi) is 3.84. The molecule has 8 heteroatoms. The van der Waals surface area contributed by atoms with Crippen LogP contribution in [0.5, 0.6) is 5.75 Å². The first kappa shape index (κ1) is 15.2. The number of anilines is 1. The van der Waals surface area contributed by atoms with Crippen LogP contribution in [0, 0.1) is 0 Å². The number of benzene rings is 2. The number of phenols is 1. The Morgan fingerprint density at radius 3 is 2.48 bits per heavy atom. The van der Waals surface area contributed by atoms with Gasteiger partial charge in [-0.1, -0.05) is 6.07 Å². The molecular weight excluding hydrogens is 294 g/mol. The topological polar surface area (TPSA) is 125 Å². The number of phenolic OH excluding ortho intramolecular Hbond substituents is 1. The van der Waals surface area contributed by atoms with Crippen LogP contribution < -0.4 is 5.73 Å². The van der Waals surface area contributed by atoms with E-state index in [1.54, 1.807) is 26.0 Å². The maximum Gasteiger partial charge on any atom is 0.296 e. The average molecular weight is 309 g/mol. The van der Waals surface area contributed by atoms with Gasteiger partial charge in [-0.05, 0) is 37.4 Å². The Balaban J connectivity index is 2.87. The van der Waals surface area contributed by atoms with Crippen LogP contribution in [0.4, 0.5) is 11.4 Å². The molecule has 0 saturated heterocycles. The summed E-state index contributed by atoms with van der Waals surface area (Å²) in [6, 6.07) is 5.62. The number of nitrogens with two attached hydrogens (primary N) is 1. The first-order chi connectivity index (χ1) is 9.70. The van der Waals surface area contributed by atoms with E-state index in [9.17, 15) is 18.1 Å². The van der Waals surface area contributed by atoms with Gasteiger partial charge in [0.15, 0.2) is 5.75 Å². The van der Waals surface area contributed by atoms with E-state index < -0.39 is 20.8 Å². The molecule has 0 aliphatic heterocycles. The van der Waals surface area contributed by atoms with Crippen LogP contribution in [0.25, 0.3) is 10.8 Å². The highest BCUT2D eigenvalue weighted by molar-refractivity contribution is 7.86. The van der Waals surface area contributed by atoms with Crippen LogP contribution in [0.1, 0.15) is 13.8 Å². The zero-order valence-electron chi connectivity index (χ0n) is 11.5. The summed E-state index contributed by atoms with van der Waals surface area (Å²) in [4.78, 5) is -0.498. The summed E-state index contributed by atoms with van der Waals surface area (Å²) in [6.45, 7) is 3.49. The van der Waals surface area contributed by atoms with Crippen LogP contribution in [0.15, 0.2) is 39.4 Å². The van der Waals surface area contributed by atoms with E-state index in [4.69, 9.17) is 5.73 Å². The zero-order chi connectivity index (χ0) is 15.8. The van der Waals surface area contributed by atoms with Crippen LogP contribution in [-0.4, -0.2) is 24.1 Å². The molecule has 0 atom stereocenters. The maximum atomic E-state index is 11.5. The highest BCUT2D eigenvalue weighted by Crippen LogP contribution is 2.41. The molecule has 2 rings (SSSR count). The molecule has 7 nitrogen and oxygen atoms in total. The normalized spacial score (nSPS) is 12.6. The van der Waals surface area contributed by atoms with Crippen LogP contribution in [0.2, 0.25) is 0 Å². The van der Waals surface area contributed by atoms with Gasteiger partial charge in [0, 0.05) is 11.1 Å². The molecule has 21 heavy (non-hydrogen) atoms. The molecular formula is C13H15N3O4S. The van der Waals surface area contributed by atoms with Crippen LogP contribution in [-0.2, 0) is 10.1 Å². The Morgan fingerprint density at radius 1 is 1.24 bits per heavy atom. The first-order valence-electron chi connectivity index (χ1n) is 6.13. The molecule has 0 radical (unpaired) electrons. The summed E-state index contributed by atoms with van der Waals surface area (Å²) >= 11 is 0. The third kappa shape index (κ3) is 3.11. The molecule has 0 unspecified atom stereocenters.